The van der Waals surface area contributed by atoms with Gasteiger partial charge in [0.15, 0.2) is 0 Å². The number of carboxylic acid groups (broad SMARTS) is 1. The fourth-order valence-electron chi connectivity index (χ4n) is 2.57. The smallest absolute Gasteiger partial charge is 0.336 e. The molecule has 1 fully saturated rings. The lowest BCUT2D eigenvalue weighted by molar-refractivity contribution is 0.0699. The standard InChI is InChI=1S/C15H16N2O3S/c18-15(19)12-9-14(16-10-5-7-21(20)8-6-10)17-13-4-2-1-3-11(12)13/h1-4,9-10H,5-8H2,(H,16,17)(H,18,19). The van der Waals surface area contributed by atoms with Gasteiger partial charge in [-0.25, -0.2) is 9.78 Å². The van der Waals surface area contributed by atoms with Crippen LogP contribution in [-0.2, 0) is 10.8 Å². The molecule has 0 saturated carbocycles. The number of para-hydroxylation sites is 1. The third kappa shape index (κ3) is 3.05. The summed E-state index contributed by atoms with van der Waals surface area (Å²) in [5, 5.41) is 13.3. The Morgan fingerprint density at radius 3 is 2.71 bits per heavy atom. The zero-order chi connectivity index (χ0) is 14.8. The van der Waals surface area contributed by atoms with Gasteiger partial charge in [-0.2, -0.15) is 0 Å². The summed E-state index contributed by atoms with van der Waals surface area (Å²) in [6, 6.07) is 9.01. The predicted octanol–water partition coefficient (Wildman–Crippen LogP) is 2.26. The van der Waals surface area contributed by atoms with Gasteiger partial charge < -0.3 is 10.4 Å². The Labute approximate surface area is 124 Å². The molecule has 1 saturated heterocycles. The van der Waals surface area contributed by atoms with Crippen molar-refractivity contribution in [2.45, 2.75) is 18.9 Å². The third-order valence-electron chi connectivity index (χ3n) is 3.69. The zero-order valence-electron chi connectivity index (χ0n) is 11.4. The van der Waals surface area contributed by atoms with Crippen LogP contribution in [0.1, 0.15) is 23.2 Å². The first-order chi connectivity index (χ1) is 10.1. The van der Waals surface area contributed by atoms with Crippen LogP contribution < -0.4 is 5.32 Å². The number of nitrogens with one attached hydrogen (secondary N) is 1. The number of hydrogen-bond donors (Lipinski definition) is 2. The first-order valence-corrected chi connectivity index (χ1v) is 8.37. The molecular weight excluding hydrogens is 288 g/mol. The maximum Gasteiger partial charge on any atom is 0.336 e. The molecule has 0 atom stereocenters. The minimum atomic E-state index is -0.957. The van der Waals surface area contributed by atoms with Crippen molar-refractivity contribution in [2.75, 3.05) is 16.8 Å². The lowest BCUT2D eigenvalue weighted by Gasteiger charge is -2.23. The maximum atomic E-state index is 11.4. The van der Waals surface area contributed by atoms with Crippen molar-refractivity contribution in [1.82, 2.24) is 4.98 Å². The number of nitrogens with zero attached hydrogens (tertiary/aromatic N) is 1. The van der Waals surface area contributed by atoms with Crippen LogP contribution in [0.4, 0.5) is 5.82 Å². The summed E-state index contributed by atoms with van der Waals surface area (Å²) in [6.07, 6.45) is 1.65. The first-order valence-electron chi connectivity index (χ1n) is 6.88. The number of anilines is 1. The highest BCUT2D eigenvalue weighted by molar-refractivity contribution is 7.85. The molecule has 6 heteroatoms. The first kappa shape index (κ1) is 14.0. The van der Waals surface area contributed by atoms with Crippen LogP contribution >= 0.6 is 0 Å². The van der Waals surface area contributed by atoms with E-state index in [1.54, 1.807) is 18.2 Å². The van der Waals surface area contributed by atoms with Crippen molar-refractivity contribution >= 4 is 33.5 Å². The summed E-state index contributed by atoms with van der Waals surface area (Å²) in [4.78, 5) is 15.9. The van der Waals surface area contributed by atoms with Gasteiger partial charge in [0.25, 0.3) is 0 Å². The second-order valence-electron chi connectivity index (χ2n) is 5.14. The van der Waals surface area contributed by atoms with Crippen molar-refractivity contribution in [2.24, 2.45) is 0 Å². The number of carbonyl (C=O) groups is 1. The molecule has 21 heavy (non-hydrogen) atoms. The number of hydrogen-bond acceptors (Lipinski definition) is 4. The van der Waals surface area contributed by atoms with Crippen LogP contribution in [0.15, 0.2) is 30.3 Å². The Hall–Kier alpha value is -1.95. The summed E-state index contributed by atoms with van der Waals surface area (Å²) < 4.78 is 11.4. The van der Waals surface area contributed by atoms with Crippen LogP contribution in [0.2, 0.25) is 0 Å². The second kappa shape index (κ2) is 5.81. The third-order valence-corrected chi connectivity index (χ3v) is 5.07. The number of pyridine rings is 1. The Balaban J connectivity index is 1.92. The minimum Gasteiger partial charge on any atom is -0.478 e. The molecule has 5 nitrogen and oxygen atoms in total. The van der Waals surface area contributed by atoms with E-state index in [0.29, 0.717) is 28.2 Å². The SMILES string of the molecule is O=C(O)c1cc(NC2CCS(=O)CC2)nc2ccccc12. The summed E-state index contributed by atoms with van der Waals surface area (Å²) in [5.41, 5.74) is 0.918. The normalized spacial score (nSPS) is 22.1. The van der Waals surface area contributed by atoms with Crippen LogP contribution in [0, 0.1) is 0 Å². The van der Waals surface area contributed by atoms with E-state index in [1.807, 2.05) is 12.1 Å². The van der Waals surface area contributed by atoms with E-state index in [2.05, 4.69) is 10.3 Å². The second-order valence-corrected chi connectivity index (χ2v) is 6.84. The molecule has 110 valence electrons. The number of carboxylic acids is 1. The predicted molar refractivity (Wildman–Crippen MR) is 83.2 cm³/mol. The number of rotatable bonds is 3. The molecule has 1 aromatic heterocycles. The Kier molecular flexibility index (Phi) is 3.88. The zero-order valence-corrected chi connectivity index (χ0v) is 12.2. The van der Waals surface area contributed by atoms with E-state index in [-0.39, 0.29) is 11.6 Å². The molecule has 0 spiro atoms. The van der Waals surface area contributed by atoms with Crippen molar-refractivity contribution in [3.8, 4) is 0 Å². The quantitative estimate of drug-likeness (QED) is 0.909. The Morgan fingerprint density at radius 1 is 1.29 bits per heavy atom. The largest absolute Gasteiger partial charge is 0.478 e. The highest BCUT2D eigenvalue weighted by Gasteiger charge is 2.19. The van der Waals surface area contributed by atoms with Gasteiger partial charge in [0, 0.05) is 33.7 Å². The fourth-order valence-corrected chi connectivity index (χ4v) is 3.87. The van der Waals surface area contributed by atoms with Gasteiger partial charge in [-0.05, 0) is 25.0 Å². The molecule has 2 heterocycles. The number of aromatic carboxylic acids is 1. The highest BCUT2D eigenvalue weighted by Crippen LogP contribution is 2.22. The average Bonchev–Trinajstić information content (AvgIpc) is 2.48. The summed E-state index contributed by atoms with van der Waals surface area (Å²) in [7, 11) is -0.707. The lowest BCUT2D eigenvalue weighted by atomic mass is 10.1. The van der Waals surface area contributed by atoms with E-state index in [1.165, 1.54) is 0 Å². The van der Waals surface area contributed by atoms with E-state index < -0.39 is 16.8 Å². The topological polar surface area (TPSA) is 79.3 Å². The molecule has 2 aromatic rings. The van der Waals surface area contributed by atoms with Crippen LogP contribution in [0.3, 0.4) is 0 Å². The Morgan fingerprint density at radius 2 is 2.00 bits per heavy atom. The van der Waals surface area contributed by atoms with Gasteiger partial charge in [0.1, 0.15) is 5.82 Å². The van der Waals surface area contributed by atoms with Crippen LogP contribution in [0.25, 0.3) is 10.9 Å². The minimum absolute atomic E-state index is 0.206. The van der Waals surface area contributed by atoms with Crippen molar-refractivity contribution in [3.63, 3.8) is 0 Å². The van der Waals surface area contributed by atoms with Gasteiger partial charge in [0.05, 0.1) is 11.1 Å². The molecule has 0 aliphatic carbocycles. The molecule has 1 aliphatic heterocycles. The Bertz CT molecular complexity index is 707. The number of aromatic nitrogens is 1. The van der Waals surface area contributed by atoms with Crippen LogP contribution in [0.5, 0.6) is 0 Å². The molecule has 2 N–H and O–H groups in total. The molecule has 0 unspecified atom stereocenters. The summed E-state index contributed by atoms with van der Waals surface area (Å²) >= 11 is 0. The lowest BCUT2D eigenvalue weighted by Crippen LogP contribution is -2.29. The highest BCUT2D eigenvalue weighted by atomic mass is 32.2. The van der Waals surface area contributed by atoms with Crippen molar-refractivity contribution in [1.29, 1.82) is 0 Å². The number of fused-ring (bicyclic) bond motifs is 1. The monoisotopic (exact) mass is 304 g/mol. The maximum absolute atomic E-state index is 11.4. The van der Waals surface area contributed by atoms with Gasteiger partial charge >= 0.3 is 5.97 Å². The number of benzene rings is 1. The van der Waals surface area contributed by atoms with E-state index in [0.717, 1.165) is 12.8 Å². The molecule has 3 rings (SSSR count). The van der Waals surface area contributed by atoms with Gasteiger partial charge in [-0.15, -0.1) is 0 Å². The van der Waals surface area contributed by atoms with E-state index in [4.69, 9.17) is 0 Å². The van der Waals surface area contributed by atoms with E-state index >= 15 is 0 Å². The van der Waals surface area contributed by atoms with Crippen LogP contribution in [-0.4, -0.2) is 37.8 Å². The molecule has 1 aromatic carbocycles. The molecular formula is C15H16N2O3S. The van der Waals surface area contributed by atoms with Crippen molar-refractivity contribution in [3.05, 3.63) is 35.9 Å². The summed E-state index contributed by atoms with van der Waals surface area (Å²) in [5.74, 6) is 0.999. The molecule has 0 amide bonds. The van der Waals surface area contributed by atoms with Crippen molar-refractivity contribution < 1.29 is 14.1 Å². The van der Waals surface area contributed by atoms with Gasteiger partial charge in [-0.3, -0.25) is 4.21 Å². The molecule has 1 aliphatic rings. The molecule has 0 radical (unpaired) electrons. The average molecular weight is 304 g/mol. The van der Waals surface area contributed by atoms with Gasteiger partial charge in [0.2, 0.25) is 0 Å². The van der Waals surface area contributed by atoms with Gasteiger partial charge in [-0.1, -0.05) is 18.2 Å². The van der Waals surface area contributed by atoms with E-state index in [9.17, 15) is 14.1 Å². The fraction of sp³-hybridized carbons (Fsp3) is 0.333. The molecule has 0 bridgehead atoms. The summed E-state index contributed by atoms with van der Waals surface area (Å²) in [6.45, 7) is 0.